The lowest BCUT2D eigenvalue weighted by Crippen LogP contribution is -2.05. The molecule has 0 bridgehead atoms. The Labute approximate surface area is 112 Å². The third kappa shape index (κ3) is 3.13. The van der Waals surface area contributed by atoms with Gasteiger partial charge in [-0.05, 0) is 37.1 Å². The number of benzene rings is 2. The Morgan fingerprint density at radius 2 is 1.89 bits per heavy atom. The van der Waals surface area contributed by atoms with E-state index < -0.39 is 5.97 Å². The second-order valence-corrected chi connectivity index (χ2v) is 4.63. The third-order valence-corrected chi connectivity index (χ3v) is 3.13. The number of anilines is 1. The Balaban J connectivity index is 2.16. The van der Waals surface area contributed by atoms with Gasteiger partial charge in [-0.1, -0.05) is 35.9 Å². The molecule has 0 atom stereocenters. The molecular weight excluding hydrogens is 238 g/mol. The van der Waals surface area contributed by atoms with Crippen LogP contribution in [-0.4, -0.2) is 11.1 Å². The molecule has 0 unspecified atom stereocenters. The minimum absolute atomic E-state index is 0.342. The number of hydrogen-bond donors (Lipinski definition) is 2. The molecule has 0 spiro atoms. The van der Waals surface area contributed by atoms with E-state index >= 15 is 0 Å². The summed E-state index contributed by atoms with van der Waals surface area (Å²) >= 11 is 0. The molecule has 0 radical (unpaired) electrons. The molecule has 0 aliphatic heterocycles. The van der Waals surface area contributed by atoms with E-state index in [1.54, 1.807) is 12.1 Å². The molecule has 98 valence electrons. The van der Waals surface area contributed by atoms with Gasteiger partial charge in [0.05, 0.1) is 5.56 Å². The Kier molecular flexibility index (Phi) is 3.85. The predicted molar refractivity (Wildman–Crippen MR) is 76.6 cm³/mol. The molecule has 0 saturated carbocycles. The van der Waals surface area contributed by atoms with Crippen molar-refractivity contribution in [1.82, 2.24) is 0 Å². The minimum atomic E-state index is -0.892. The summed E-state index contributed by atoms with van der Waals surface area (Å²) < 4.78 is 0. The summed E-state index contributed by atoms with van der Waals surface area (Å²) in [6.07, 6.45) is 0. The van der Waals surface area contributed by atoms with Crippen molar-refractivity contribution < 1.29 is 9.90 Å². The summed E-state index contributed by atoms with van der Waals surface area (Å²) in [4.78, 5) is 11.1. The first-order chi connectivity index (χ1) is 9.08. The number of nitrogens with one attached hydrogen (secondary N) is 1. The van der Waals surface area contributed by atoms with Crippen LogP contribution in [0.1, 0.15) is 27.0 Å². The van der Waals surface area contributed by atoms with E-state index in [-0.39, 0.29) is 0 Å². The summed E-state index contributed by atoms with van der Waals surface area (Å²) in [5, 5.41) is 12.4. The van der Waals surface area contributed by atoms with Gasteiger partial charge in [0.2, 0.25) is 0 Å². The van der Waals surface area contributed by atoms with E-state index in [1.165, 1.54) is 11.1 Å². The molecule has 2 rings (SSSR count). The Morgan fingerprint density at radius 1 is 1.16 bits per heavy atom. The lowest BCUT2D eigenvalue weighted by Gasteiger charge is -2.11. The van der Waals surface area contributed by atoms with Crippen molar-refractivity contribution in [3.05, 3.63) is 64.7 Å². The van der Waals surface area contributed by atoms with Crippen molar-refractivity contribution >= 4 is 11.7 Å². The normalized spacial score (nSPS) is 10.2. The Morgan fingerprint density at radius 3 is 2.58 bits per heavy atom. The molecule has 19 heavy (non-hydrogen) atoms. The van der Waals surface area contributed by atoms with Crippen LogP contribution in [0.2, 0.25) is 0 Å². The zero-order valence-electron chi connectivity index (χ0n) is 11.1. The third-order valence-electron chi connectivity index (χ3n) is 3.13. The second-order valence-electron chi connectivity index (χ2n) is 4.63. The fraction of sp³-hybridized carbons (Fsp3) is 0.188. The topological polar surface area (TPSA) is 49.3 Å². The van der Waals surface area contributed by atoms with Gasteiger partial charge in [-0.15, -0.1) is 0 Å². The highest BCUT2D eigenvalue weighted by molar-refractivity contribution is 5.91. The van der Waals surface area contributed by atoms with Gasteiger partial charge in [0, 0.05) is 12.2 Å². The van der Waals surface area contributed by atoms with E-state index in [4.69, 9.17) is 5.11 Å². The number of aromatic carboxylic acids is 1. The van der Waals surface area contributed by atoms with E-state index in [9.17, 15) is 4.79 Å². The fourth-order valence-electron chi connectivity index (χ4n) is 2.08. The number of carbonyl (C=O) groups is 1. The van der Waals surface area contributed by atoms with Gasteiger partial charge in [0.25, 0.3) is 0 Å². The molecule has 3 nitrogen and oxygen atoms in total. The van der Waals surface area contributed by atoms with Gasteiger partial charge in [-0.25, -0.2) is 4.79 Å². The van der Waals surface area contributed by atoms with Gasteiger partial charge < -0.3 is 10.4 Å². The molecule has 0 amide bonds. The first-order valence-electron chi connectivity index (χ1n) is 6.20. The predicted octanol–water partition coefficient (Wildman–Crippen LogP) is 3.61. The van der Waals surface area contributed by atoms with Crippen molar-refractivity contribution in [3.8, 4) is 0 Å². The number of carboxylic acids is 1. The van der Waals surface area contributed by atoms with Gasteiger partial charge in [-0.3, -0.25) is 0 Å². The highest BCUT2D eigenvalue weighted by Crippen LogP contribution is 2.19. The average molecular weight is 255 g/mol. The minimum Gasteiger partial charge on any atom is -0.478 e. The Hall–Kier alpha value is -2.29. The monoisotopic (exact) mass is 255 g/mol. The highest BCUT2D eigenvalue weighted by atomic mass is 16.4. The van der Waals surface area contributed by atoms with Crippen molar-refractivity contribution in [2.45, 2.75) is 20.4 Å². The zero-order valence-corrected chi connectivity index (χ0v) is 11.1. The van der Waals surface area contributed by atoms with Crippen LogP contribution >= 0.6 is 0 Å². The van der Waals surface area contributed by atoms with Crippen LogP contribution in [0.3, 0.4) is 0 Å². The van der Waals surface area contributed by atoms with Crippen LogP contribution in [0.25, 0.3) is 0 Å². The smallest absolute Gasteiger partial charge is 0.336 e. The molecule has 0 aromatic heterocycles. The standard InChI is InChI=1S/C16H17NO2/c1-11-5-3-6-13(9-11)10-17-15-8-4-7-14(12(15)2)16(18)19/h3-9,17H,10H2,1-2H3,(H,18,19). The molecule has 2 aromatic rings. The van der Waals surface area contributed by atoms with Gasteiger partial charge >= 0.3 is 5.97 Å². The maximum atomic E-state index is 11.1. The molecule has 3 heteroatoms. The lowest BCUT2D eigenvalue weighted by atomic mass is 10.1. The number of hydrogen-bond acceptors (Lipinski definition) is 2. The van der Waals surface area contributed by atoms with Crippen molar-refractivity contribution in [2.24, 2.45) is 0 Å². The summed E-state index contributed by atoms with van der Waals surface area (Å²) in [7, 11) is 0. The van der Waals surface area contributed by atoms with Crippen LogP contribution in [0.5, 0.6) is 0 Å². The quantitative estimate of drug-likeness (QED) is 0.877. The molecule has 0 heterocycles. The van der Waals surface area contributed by atoms with Crippen LogP contribution in [-0.2, 0) is 6.54 Å². The number of rotatable bonds is 4. The van der Waals surface area contributed by atoms with Gasteiger partial charge in [0.1, 0.15) is 0 Å². The first kappa shape index (κ1) is 13.1. The lowest BCUT2D eigenvalue weighted by molar-refractivity contribution is 0.0696. The van der Waals surface area contributed by atoms with Crippen molar-refractivity contribution in [1.29, 1.82) is 0 Å². The summed E-state index contributed by atoms with van der Waals surface area (Å²) in [5.74, 6) is -0.892. The van der Waals surface area contributed by atoms with Gasteiger partial charge in [0.15, 0.2) is 0 Å². The molecule has 0 aliphatic rings. The number of aryl methyl sites for hydroxylation is 1. The summed E-state index contributed by atoms with van der Waals surface area (Å²) in [6.45, 7) is 4.56. The van der Waals surface area contributed by atoms with Crippen molar-refractivity contribution in [3.63, 3.8) is 0 Å². The Bertz CT molecular complexity index is 605. The summed E-state index contributed by atoms with van der Waals surface area (Å²) in [6, 6.07) is 13.5. The van der Waals surface area contributed by atoms with Crippen molar-refractivity contribution in [2.75, 3.05) is 5.32 Å². The maximum absolute atomic E-state index is 11.1. The largest absolute Gasteiger partial charge is 0.478 e. The van der Waals surface area contributed by atoms with Crippen LogP contribution < -0.4 is 5.32 Å². The molecule has 0 aliphatic carbocycles. The molecular formula is C16H17NO2. The average Bonchev–Trinajstić information content (AvgIpc) is 2.37. The van der Waals surface area contributed by atoms with E-state index in [0.717, 1.165) is 11.3 Å². The van der Waals surface area contributed by atoms with E-state index in [0.29, 0.717) is 12.1 Å². The van der Waals surface area contributed by atoms with Crippen LogP contribution in [0.15, 0.2) is 42.5 Å². The SMILES string of the molecule is Cc1cccc(CNc2cccc(C(=O)O)c2C)c1. The molecule has 2 aromatic carbocycles. The number of carboxylic acid groups (broad SMARTS) is 1. The van der Waals surface area contributed by atoms with Crippen LogP contribution in [0, 0.1) is 13.8 Å². The van der Waals surface area contributed by atoms with Gasteiger partial charge in [-0.2, -0.15) is 0 Å². The van der Waals surface area contributed by atoms with Crippen LogP contribution in [0.4, 0.5) is 5.69 Å². The fourth-order valence-corrected chi connectivity index (χ4v) is 2.08. The molecule has 0 fully saturated rings. The highest BCUT2D eigenvalue weighted by Gasteiger charge is 2.09. The second kappa shape index (κ2) is 5.57. The van der Waals surface area contributed by atoms with E-state index in [1.807, 2.05) is 19.1 Å². The first-order valence-corrected chi connectivity index (χ1v) is 6.20. The summed E-state index contributed by atoms with van der Waals surface area (Å²) in [5.41, 5.74) is 4.37. The van der Waals surface area contributed by atoms with E-state index in [2.05, 4.69) is 30.4 Å². The molecule has 2 N–H and O–H groups in total. The zero-order chi connectivity index (χ0) is 13.8. The maximum Gasteiger partial charge on any atom is 0.336 e. The molecule has 0 saturated heterocycles.